The van der Waals surface area contributed by atoms with Crippen LogP contribution in [0.1, 0.15) is 35.6 Å². The normalized spacial score (nSPS) is 14.5. The SMILES string of the molecule is CC(NC(=O)CSc1nc2sc3c(c2c(=O)n1C)CCC3)c1ccco1. The number of amides is 1. The van der Waals surface area contributed by atoms with E-state index in [1.54, 1.807) is 35.3 Å². The Labute approximate surface area is 158 Å². The van der Waals surface area contributed by atoms with Gasteiger partial charge in [0, 0.05) is 11.9 Å². The topological polar surface area (TPSA) is 77.1 Å². The lowest BCUT2D eigenvalue weighted by Gasteiger charge is -2.12. The number of aryl methyl sites for hydroxylation is 2. The molecule has 3 heterocycles. The molecular formula is C18H19N3O3S2. The summed E-state index contributed by atoms with van der Waals surface area (Å²) < 4.78 is 6.85. The summed E-state index contributed by atoms with van der Waals surface area (Å²) in [6.07, 6.45) is 4.70. The van der Waals surface area contributed by atoms with Crippen LogP contribution in [0.3, 0.4) is 0 Å². The second-order valence-electron chi connectivity index (χ2n) is 6.39. The molecule has 1 N–H and O–H groups in total. The van der Waals surface area contributed by atoms with E-state index < -0.39 is 0 Å². The van der Waals surface area contributed by atoms with Gasteiger partial charge in [-0.3, -0.25) is 14.2 Å². The first-order valence-corrected chi connectivity index (χ1v) is 10.3. The maximum Gasteiger partial charge on any atom is 0.262 e. The summed E-state index contributed by atoms with van der Waals surface area (Å²) >= 11 is 2.90. The smallest absolute Gasteiger partial charge is 0.262 e. The number of rotatable bonds is 5. The van der Waals surface area contributed by atoms with Gasteiger partial charge in [-0.05, 0) is 43.9 Å². The van der Waals surface area contributed by atoms with Crippen LogP contribution in [0, 0.1) is 0 Å². The molecule has 0 radical (unpaired) electrons. The predicted octanol–water partition coefficient (Wildman–Crippen LogP) is 3.05. The van der Waals surface area contributed by atoms with E-state index in [2.05, 4.69) is 10.3 Å². The molecular weight excluding hydrogens is 370 g/mol. The Kier molecular flexibility index (Phi) is 4.62. The Hall–Kier alpha value is -2.06. The van der Waals surface area contributed by atoms with Gasteiger partial charge in [0.25, 0.3) is 5.56 Å². The van der Waals surface area contributed by atoms with Gasteiger partial charge in [-0.25, -0.2) is 4.98 Å². The van der Waals surface area contributed by atoms with E-state index in [9.17, 15) is 9.59 Å². The molecule has 1 unspecified atom stereocenters. The fourth-order valence-electron chi connectivity index (χ4n) is 3.26. The van der Waals surface area contributed by atoms with E-state index in [4.69, 9.17) is 4.42 Å². The number of nitrogens with one attached hydrogen (secondary N) is 1. The van der Waals surface area contributed by atoms with Crippen molar-refractivity contribution < 1.29 is 9.21 Å². The largest absolute Gasteiger partial charge is 0.467 e. The third-order valence-corrected chi connectivity index (χ3v) is 6.80. The molecule has 0 bridgehead atoms. The lowest BCUT2D eigenvalue weighted by atomic mass is 10.2. The minimum Gasteiger partial charge on any atom is -0.467 e. The molecule has 8 heteroatoms. The van der Waals surface area contributed by atoms with Gasteiger partial charge >= 0.3 is 0 Å². The van der Waals surface area contributed by atoms with Gasteiger partial charge in [0.1, 0.15) is 10.6 Å². The minimum absolute atomic E-state index is 0.0127. The molecule has 1 aliphatic rings. The standard InChI is InChI=1S/C18H19N3O3S2/c1-10(12-6-4-8-24-12)19-14(22)9-25-18-20-16-15(17(23)21(18)2)11-5-3-7-13(11)26-16/h4,6,8,10H,3,5,7,9H2,1-2H3,(H,19,22). The number of thiophene rings is 1. The molecule has 0 saturated carbocycles. The van der Waals surface area contributed by atoms with Crippen molar-refractivity contribution in [3.8, 4) is 0 Å². The molecule has 1 amide bonds. The quantitative estimate of drug-likeness (QED) is 0.536. The number of nitrogens with zero attached hydrogens (tertiary/aromatic N) is 2. The van der Waals surface area contributed by atoms with Gasteiger partial charge in [0.2, 0.25) is 5.91 Å². The molecule has 4 rings (SSSR count). The van der Waals surface area contributed by atoms with E-state index in [1.807, 2.05) is 13.0 Å². The van der Waals surface area contributed by atoms with E-state index in [0.29, 0.717) is 10.9 Å². The molecule has 26 heavy (non-hydrogen) atoms. The maximum atomic E-state index is 12.8. The van der Waals surface area contributed by atoms with Crippen LogP contribution in [-0.2, 0) is 24.7 Å². The first-order chi connectivity index (χ1) is 12.5. The van der Waals surface area contributed by atoms with Crippen LogP contribution in [-0.4, -0.2) is 21.2 Å². The molecule has 1 aliphatic carbocycles. The maximum absolute atomic E-state index is 12.8. The molecule has 0 saturated heterocycles. The van der Waals surface area contributed by atoms with E-state index in [-0.39, 0.29) is 23.3 Å². The van der Waals surface area contributed by atoms with Crippen molar-refractivity contribution in [3.63, 3.8) is 0 Å². The van der Waals surface area contributed by atoms with Crippen molar-refractivity contribution in [1.82, 2.24) is 14.9 Å². The van der Waals surface area contributed by atoms with E-state index >= 15 is 0 Å². The third-order valence-electron chi connectivity index (χ3n) is 4.59. The number of fused-ring (bicyclic) bond motifs is 3. The zero-order valence-corrected chi connectivity index (χ0v) is 16.2. The first kappa shape index (κ1) is 17.4. The lowest BCUT2D eigenvalue weighted by Crippen LogP contribution is -2.28. The Morgan fingerprint density at radius 1 is 1.50 bits per heavy atom. The summed E-state index contributed by atoms with van der Waals surface area (Å²) in [5, 5.41) is 4.23. The van der Waals surface area contributed by atoms with Crippen molar-refractivity contribution in [2.75, 3.05) is 5.75 Å². The predicted molar refractivity (Wildman–Crippen MR) is 103 cm³/mol. The number of hydrogen-bond acceptors (Lipinski definition) is 6. The van der Waals surface area contributed by atoms with Crippen molar-refractivity contribution >= 4 is 39.2 Å². The van der Waals surface area contributed by atoms with Gasteiger partial charge < -0.3 is 9.73 Å². The number of carbonyl (C=O) groups is 1. The van der Waals surface area contributed by atoms with Crippen molar-refractivity contribution in [2.45, 2.75) is 37.4 Å². The van der Waals surface area contributed by atoms with Crippen LogP contribution >= 0.6 is 23.1 Å². The highest BCUT2D eigenvalue weighted by atomic mass is 32.2. The number of hydrogen-bond donors (Lipinski definition) is 1. The zero-order valence-electron chi connectivity index (χ0n) is 14.6. The molecule has 136 valence electrons. The summed E-state index contributed by atoms with van der Waals surface area (Å²) in [6, 6.07) is 3.42. The molecule has 3 aromatic rings. The number of furan rings is 1. The average Bonchev–Trinajstić information content (AvgIpc) is 3.32. The number of aromatic nitrogens is 2. The second kappa shape index (κ2) is 6.92. The highest BCUT2D eigenvalue weighted by Gasteiger charge is 2.22. The molecule has 0 aliphatic heterocycles. The van der Waals surface area contributed by atoms with Gasteiger partial charge in [-0.1, -0.05) is 11.8 Å². The molecule has 0 fully saturated rings. The molecule has 3 aromatic heterocycles. The Bertz CT molecular complexity index is 1020. The monoisotopic (exact) mass is 389 g/mol. The summed E-state index contributed by atoms with van der Waals surface area (Å²) in [5.74, 6) is 0.785. The Morgan fingerprint density at radius 2 is 2.35 bits per heavy atom. The van der Waals surface area contributed by atoms with Crippen LogP contribution in [0.4, 0.5) is 0 Å². The lowest BCUT2D eigenvalue weighted by molar-refractivity contribution is -0.119. The fraction of sp³-hybridized carbons (Fsp3) is 0.389. The average molecular weight is 390 g/mol. The summed E-state index contributed by atoms with van der Waals surface area (Å²) in [7, 11) is 1.72. The Balaban J connectivity index is 1.50. The summed E-state index contributed by atoms with van der Waals surface area (Å²) in [5.41, 5.74) is 1.17. The van der Waals surface area contributed by atoms with E-state index in [1.165, 1.54) is 22.2 Å². The number of carbonyl (C=O) groups excluding carboxylic acids is 1. The van der Waals surface area contributed by atoms with Crippen molar-refractivity contribution in [1.29, 1.82) is 0 Å². The van der Waals surface area contributed by atoms with Gasteiger partial charge in [-0.15, -0.1) is 11.3 Å². The van der Waals surface area contributed by atoms with Gasteiger partial charge in [0.15, 0.2) is 5.16 Å². The summed E-state index contributed by atoms with van der Waals surface area (Å²) in [6.45, 7) is 1.87. The highest BCUT2D eigenvalue weighted by molar-refractivity contribution is 7.99. The van der Waals surface area contributed by atoms with E-state index in [0.717, 1.165) is 29.5 Å². The second-order valence-corrected chi connectivity index (χ2v) is 8.42. The highest BCUT2D eigenvalue weighted by Crippen LogP contribution is 2.35. The van der Waals surface area contributed by atoms with Crippen LogP contribution in [0.5, 0.6) is 0 Å². The minimum atomic E-state index is -0.197. The van der Waals surface area contributed by atoms with Gasteiger partial charge in [-0.2, -0.15) is 0 Å². The third kappa shape index (κ3) is 3.07. The van der Waals surface area contributed by atoms with Crippen molar-refractivity contribution in [2.24, 2.45) is 7.05 Å². The molecule has 1 atom stereocenters. The number of thioether (sulfide) groups is 1. The molecule has 6 nitrogen and oxygen atoms in total. The van der Waals surface area contributed by atoms with Crippen LogP contribution in [0.25, 0.3) is 10.2 Å². The van der Waals surface area contributed by atoms with Crippen LogP contribution < -0.4 is 10.9 Å². The van der Waals surface area contributed by atoms with Gasteiger partial charge in [0.05, 0.1) is 23.4 Å². The fourth-order valence-corrected chi connectivity index (χ4v) is 5.34. The van der Waals surface area contributed by atoms with Crippen LogP contribution in [0.2, 0.25) is 0 Å². The molecule has 0 spiro atoms. The first-order valence-electron chi connectivity index (χ1n) is 8.51. The molecule has 0 aromatic carbocycles. The Morgan fingerprint density at radius 3 is 3.12 bits per heavy atom. The van der Waals surface area contributed by atoms with Crippen LogP contribution in [0.15, 0.2) is 32.8 Å². The van der Waals surface area contributed by atoms with Crippen molar-refractivity contribution in [3.05, 3.63) is 45.0 Å². The zero-order chi connectivity index (χ0) is 18.3. The summed E-state index contributed by atoms with van der Waals surface area (Å²) in [4.78, 5) is 31.7.